The normalized spacial score (nSPS) is 12.1. The van der Waals surface area contributed by atoms with Gasteiger partial charge in [-0.1, -0.05) is 41.9 Å². The van der Waals surface area contributed by atoms with Crippen LogP contribution in [-0.4, -0.2) is 19.6 Å². The average Bonchev–Trinajstić information content (AvgIpc) is 2.63. The van der Waals surface area contributed by atoms with E-state index in [2.05, 4.69) is 5.32 Å². The molecule has 0 fully saturated rings. The Hall–Kier alpha value is -2.63. The van der Waals surface area contributed by atoms with Gasteiger partial charge >= 0.3 is 0 Å². The molecule has 25 heavy (non-hydrogen) atoms. The first-order chi connectivity index (χ1) is 12.1. The smallest absolute Gasteiger partial charge is 0.287 e. The lowest BCUT2D eigenvalue weighted by Gasteiger charge is -2.17. The number of carbonyl (C=O) groups excluding carboxylic acids is 1. The molecule has 6 heteroatoms. The first-order valence-corrected chi connectivity index (χ1v) is 8.06. The molecule has 128 valence electrons. The number of amides is 1. The van der Waals surface area contributed by atoms with E-state index in [0.29, 0.717) is 16.0 Å². The van der Waals surface area contributed by atoms with Crippen molar-refractivity contribution in [3.63, 3.8) is 0 Å². The highest BCUT2D eigenvalue weighted by atomic mass is 35.5. The molecule has 2 aromatic carbocycles. The Morgan fingerprint density at radius 2 is 1.92 bits per heavy atom. The number of benzene rings is 2. The molecule has 1 unspecified atom stereocenters. The fourth-order valence-corrected chi connectivity index (χ4v) is 2.80. The number of nitrogens with one attached hydrogen (secondary N) is 1. The lowest BCUT2D eigenvalue weighted by molar-refractivity contribution is 0.0808. The van der Waals surface area contributed by atoms with Gasteiger partial charge in [0.25, 0.3) is 5.91 Å². The van der Waals surface area contributed by atoms with Gasteiger partial charge in [0.1, 0.15) is 11.7 Å². The summed E-state index contributed by atoms with van der Waals surface area (Å²) in [7, 11) is 1.54. The highest BCUT2D eigenvalue weighted by molar-refractivity contribution is 6.31. The van der Waals surface area contributed by atoms with E-state index in [1.54, 1.807) is 30.3 Å². The molecule has 0 aliphatic carbocycles. The van der Waals surface area contributed by atoms with Crippen LogP contribution in [0.15, 0.2) is 63.8 Å². The van der Waals surface area contributed by atoms with Gasteiger partial charge in [0.05, 0.1) is 5.39 Å². The van der Waals surface area contributed by atoms with Crippen LogP contribution in [0, 0.1) is 0 Å². The molecule has 1 aromatic heterocycles. The Labute approximate surface area is 149 Å². The van der Waals surface area contributed by atoms with Crippen LogP contribution in [0.4, 0.5) is 0 Å². The van der Waals surface area contributed by atoms with Crippen molar-refractivity contribution in [3.8, 4) is 0 Å². The Balaban J connectivity index is 1.78. The van der Waals surface area contributed by atoms with Crippen LogP contribution >= 0.6 is 11.6 Å². The van der Waals surface area contributed by atoms with Gasteiger partial charge in [-0.05, 0) is 18.2 Å². The Morgan fingerprint density at radius 3 is 2.68 bits per heavy atom. The Morgan fingerprint density at radius 1 is 1.20 bits per heavy atom. The highest BCUT2D eigenvalue weighted by Gasteiger charge is 2.17. The maximum Gasteiger partial charge on any atom is 0.287 e. The molecule has 0 saturated heterocycles. The summed E-state index contributed by atoms with van der Waals surface area (Å²) in [4.78, 5) is 24.4. The quantitative estimate of drug-likeness (QED) is 0.758. The standard InChI is InChI=1S/C19H16ClNO4/c1-24-18(12-6-2-4-8-14(12)20)11-21-19(23)17-10-15(22)13-7-3-5-9-16(13)25-17/h2-10,18H,11H2,1H3,(H,21,23). The first kappa shape index (κ1) is 17.2. The third-order valence-corrected chi connectivity index (χ3v) is 4.19. The number of hydrogen-bond donors (Lipinski definition) is 1. The molecule has 0 bridgehead atoms. The summed E-state index contributed by atoms with van der Waals surface area (Å²) in [5.41, 5.74) is 0.878. The molecule has 0 radical (unpaired) electrons. The summed E-state index contributed by atoms with van der Waals surface area (Å²) < 4.78 is 10.9. The van der Waals surface area contributed by atoms with E-state index in [4.69, 9.17) is 20.8 Å². The molecule has 1 heterocycles. The molecule has 0 aliphatic rings. The molecular weight excluding hydrogens is 342 g/mol. The van der Waals surface area contributed by atoms with Gasteiger partial charge in [-0.3, -0.25) is 9.59 Å². The van der Waals surface area contributed by atoms with Crippen LogP contribution in [0.2, 0.25) is 5.02 Å². The maximum atomic E-state index is 12.3. The topological polar surface area (TPSA) is 68.5 Å². The fourth-order valence-electron chi connectivity index (χ4n) is 2.54. The number of rotatable bonds is 5. The van der Waals surface area contributed by atoms with E-state index in [-0.39, 0.29) is 17.7 Å². The lowest BCUT2D eigenvalue weighted by Crippen LogP contribution is -2.29. The lowest BCUT2D eigenvalue weighted by atomic mass is 10.1. The van der Waals surface area contributed by atoms with Crippen molar-refractivity contribution in [2.24, 2.45) is 0 Å². The van der Waals surface area contributed by atoms with E-state index >= 15 is 0 Å². The van der Waals surface area contributed by atoms with E-state index in [1.165, 1.54) is 13.2 Å². The number of methoxy groups -OCH3 is 1. The summed E-state index contributed by atoms with van der Waals surface area (Å²) in [6.45, 7) is 0.190. The van der Waals surface area contributed by atoms with Gasteiger partial charge < -0.3 is 14.5 Å². The van der Waals surface area contributed by atoms with E-state index in [9.17, 15) is 9.59 Å². The van der Waals surface area contributed by atoms with Crippen molar-refractivity contribution in [2.45, 2.75) is 6.10 Å². The molecular formula is C19H16ClNO4. The highest BCUT2D eigenvalue weighted by Crippen LogP contribution is 2.24. The average molecular weight is 358 g/mol. The van der Waals surface area contributed by atoms with Crippen molar-refractivity contribution >= 4 is 28.5 Å². The summed E-state index contributed by atoms with van der Waals surface area (Å²) in [5, 5.41) is 3.70. The van der Waals surface area contributed by atoms with Gasteiger partial charge in [-0.15, -0.1) is 0 Å². The van der Waals surface area contributed by atoms with Gasteiger partial charge in [0.2, 0.25) is 0 Å². The number of ether oxygens (including phenoxy) is 1. The molecule has 1 N–H and O–H groups in total. The SMILES string of the molecule is COC(CNC(=O)c1cc(=O)c2ccccc2o1)c1ccccc1Cl. The Kier molecular flexibility index (Phi) is 5.16. The van der Waals surface area contributed by atoms with Crippen LogP contribution in [0.3, 0.4) is 0 Å². The molecule has 3 aromatic rings. The third-order valence-electron chi connectivity index (χ3n) is 3.84. The zero-order valence-electron chi connectivity index (χ0n) is 13.5. The number of para-hydroxylation sites is 1. The second kappa shape index (κ2) is 7.51. The zero-order chi connectivity index (χ0) is 17.8. The molecule has 5 nitrogen and oxygen atoms in total. The summed E-state index contributed by atoms with van der Waals surface area (Å²) >= 11 is 6.16. The predicted octanol–water partition coefficient (Wildman–Crippen LogP) is 3.56. The molecule has 1 amide bonds. The molecule has 1 atom stereocenters. The second-order valence-electron chi connectivity index (χ2n) is 5.43. The number of fused-ring (bicyclic) bond motifs is 1. The zero-order valence-corrected chi connectivity index (χ0v) is 14.2. The minimum absolute atomic E-state index is 0.0438. The summed E-state index contributed by atoms with van der Waals surface area (Å²) in [6, 6.07) is 15.2. The van der Waals surface area contributed by atoms with Gasteiger partial charge in [-0.25, -0.2) is 0 Å². The predicted molar refractivity (Wildman–Crippen MR) is 96.0 cm³/mol. The van der Waals surface area contributed by atoms with E-state index < -0.39 is 12.0 Å². The van der Waals surface area contributed by atoms with E-state index in [0.717, 1.165) is 5.56 Å². The molecule has 0 aliphatic heterocycles. The van der Waals surface area contributed by atoms with Gasteiger partial charge in [-0.2, -0.15) is 0 Å². The Bertz CT molecular complexity index is 967. The monoisotopic (exact) mass is 357 g/mol. The largest absolute Gasteiger partial charge is 0.451 e. The molecule has 0 spiro atoms. The number of halogens is 1. The minimum atomic E-state index is -0.489. The van der Waals surface area contributed by atoms with Gasteiger partial charge in [0.15, 0.2) is 11.2 Å². The van der Waals surface area contributed by atoms with Crippen LogP contribution in [-0.2, 0) is 4.74 Å². The van der Waals surface area contributed by atoms with Crippen LogP contribution in [0.25, 0.3) is 11.0 Å². The molecule has 3 rings (SSSR count). The second-order valence-corrected chi connectivity index (χ2v) is 5.83. The van der Waals surface area contributed by atoms with E-state index in [1.807, 2.05) is 18.2 Å². The summed E-state index contributed by atoms with van der Waals surface area (Å²) in [5.74, 6) is -0.533. The fraction of sp³-hybridized carbons (Fsp3) is 0.158. The minimum Gasteiger partial charge on any atom is -0.451 e. The maximum absolute atomic E-state index is 12.3. The summed E-state index contributed by atoms with van der Waals surface area (Å²) in [6.07, 6.45) is -0.412. The van der Waals surface area contributed by atoms with Crippen molar-refractivity contribution in [2.75, 3.05) is 13.7 Å². The van der Waals surface area contributed by atoms with Crippen molar-refractivity contribution in [1.29, 1.82) is 0 Å². The third kappa shape index (κ3) is 3.73. The van der Waals surface area contributed by atoms with Crippen LogP contribution in [0.5, 0.6) is 0 Å². The first-order valence-electron chi connectivity index (χ1n) is 7.68. The number of hydrogen-bond acceptors (Lipinski definition) is 4. The number of carbonyl (C=O) groups is 1. The van der Waals surface area contributed by atoms with Crippen molar-refractivity contribution in [3.05, 3.63) is 81.2 Å². The van der Waals surface area contributed by atoms with Crippen molar-refractivity contribution in [1.82, 2.24) is 5.32 Å². The van der Waals surface area contributed by atoms with Crippen molar-refractivity contribution < 1.29 is 13.9 Å². The van der Waals surface area contributed by atoms with Crippen LogP contribution < -0.4 is 10.7 Å². The van der Waals surface area contributed by atoms with Gasteiger partial charge in [0, 0.05) is 30.3 Å². The van der Waals surface area contributed by atoms with Crippen LogP contribution in [0.1, 0.15) is 22.2 Å². The molecule has 0 saturated carbocycles.